The quantitative estimate of drug-likeness (QED) is 0.712. The minimum absolute atomic E-state index is 0.352. The van der Waals surface area contributed by atoms with Gasteiger partial charge >= 0.3 is 0 Å². The van der Waals surface area contributed by atoms with Crippen molar-refractivity contribution in [2.45, 2.75) is 51.7 Å². The van der Waals surface area contributed by atoms with Crippen LogP contribution in [-0.4, -0.2) is 20.5 Å². The molecule has 128 valence electrons. The maximum Gasteiger partial charge on any atom is 0.198 e. The Kier molecular flexibility index (Phi) is 2.54. The summed E-state index contributed by atoms with van der Waals surface area (Å²) >= 11 is 0. The number of hydrogen-bond acceptors (Lipinski definition) is 2. The molecule has 3 heteroatoms. The van der Waals surface area contributed by atoms with E-state index in [-0.39, 0.29) is 0 Å². The number of aliphatic imine (C=N–C) groups is 1. The average Bonchev–Trinajstić information content (AvgIpc) is 2.53. The third-order valence-corrected chi connectivity index (χ3v) is 8.81. The van der Waals surface area contributed by atoms with Crippen molar-refractivity contribution in [3.05, 3.63) is 24.2 Å². The second-order valence-corrected chi connectivity index (χ2v) is 14.5. The second-order valence-electron chi connectivity index (χ2n) is 9.49. The van der Waals surface area contributed by atoms with Crippen molar-refractivity contribution in [2.24, 2.45) is 34.1 Å². The summed E-state index contributed by atoms with van der Waals surface area (Å²) in [6.45, 7) is 5.12. The van der Waals surface area contributed by atoms with Gasteiger partial charge in [0.25, 0.3) is 0 Å². The predicted octanol–water partition coefficient (Wildman–Crippen LogP) is 4.73. The predicted molar refractivity (Wildman–Crippen MR) is 102 cm³/mol. The molecule has 6 rings (SSSR count). The molecule has 4 aliphatic carbocycles. The van der Waals surface area contributed by atoms with Crippen LogP contribution >= 0.6 is 0 Å². The Morgan fingerprint density at radius 3 is 2.38 bits per heavy atom. The van der Waals surface area contributed by atoms with Gasteiger partial charge in [0, 0.05) is 0 Å². The topological polar surface area (TPSA) is 21.6 Å². The number of hydrogen-bond donors (Lipinski definition) is 0. The first-order valence-electron chi connectivity index (χ1n) is 11.0. The smallest absolute Gasteiger partial charge is 0.198 e. The SMILES string of the molecule is [2H]c1c(N=C2OC([2H])([2H])C23C2CC4CC(C2)CC3C4)cccc1[Si](C)(C)C. The summed E-state index contributed by atoms with van der Waals surface area (Å²) in [5.74, 6) is 2.84. The van der Waals surface area contributed by atoms with Crippen molar-refractivity contribution in [3.63, 3.8) is 0 Å². The van der Waals surface area contributed by atoms with Gasteiger partial charge in [0.05, 0.1) is 23.3 Å². The van der Waals surface area contributed by atoms with Gasteiger partial charge in [-0.05, 0) is 67.9 Å². The van der Waals surface area contributed by atoms with Crippen molar-refractivity contribution in [1.82, 2.24) is 0 Å². The molecule has 4 bridgehead atoms. The highest BCUT2D eigenvalue weighted by molar-refractivity contribution is 6.88. The van der Waals surface area contributed by atoms with Crippen LogP contribution in [0.1, 0.15) is 36.2 Å². The van der Waals surface area contributed by atoms with Crippen LogP contribution in [0.15, 0.2) is 29.2 Å². The van der Waals surface area contributed by atoms with E-state index in [4.69, 9.17) is 13.8 Å². The van der Waals surface area contributed by atoms with Crippen molar-refractivity contribution >= 4 is 24.8 Å². The Morgan fingerprint density at radius 2 is 1.79 bits per heavy atom. The lowest BCUT2D eigenvalue weighted by Gasteiger charge is -2.64. The third-order valence-electron chi connectivity index (χ3n) is 6.91. The molecule has 1 aliphatic heterocycles. The lowest BCUT2D eigenvalue weighted by Crippen LogP contribution is -2.64. The second kappa shape index (κ2) is 4.97. The fourth-order valence-electron chi connectivity index (χ4n) is 5.84. The largest absolute Gasteiger partial charge is 0.479 e. The summed E-state index contributed by atoms with van der Waals surface area (Å²) in [6.07, 6.45) is 5.83. The van der Waals surface area contributed by atoms with Gasteiger partial charge in [0.15, 0.2) is 5.90 Å². The van der Waals surface area contributed by atoms with Crippen LogP contribution in [0.25, 0.3) is 0 Å². The van der Waals surface area contributed by atoms with Crippen molar-refractivity contribution in [1.29, 1.82) is 0 Å². The number of benzene rings is 1. The average molecular weight is 343 g/mol. The Balaban J connectivity index is 1.59. The minimum atomic E-state index is -1.63. The molecule has 0 aromatic heterocycles. The highest BCUT2D eigenvalue weighted by Crippen LogP contribution is 2.65. The van der Waals surface area contributed by atoms with Crippen LogP contribution in [0.2, 0.25) is 19.6 Å². The number of rotatable bonds is 2. The standard InChI is InChI=1S/C21H29NOSi/c1-24(2,3)19-6-4-5-18(12-19)22-20-21(13-23-20)16-8-14-7-15(10-16)11-17(21)9-14/h4-6,12,14-17H,7-11,13H2,1-3H3/i12D,13D2. The molecule has 1 aromatic carbocycles. The van der Waals surface area contributed by atoms with E-state index in [1.54, 1.807) is 0 Å². The fourth-order valence-corrected chi connectivity index (χ4v) is 6.94. The lowest BCUT2D eigenvalue weighted by atomic mass is 9.44. The van der Waals surface area contributed by atoms with Crippen LogP contribution < -0.4 is 5.19 Å². The molecule has 0 atom stereocenters. The van der Waals surface area contributed by atoms with E-state index in [2.05, 4.69) is 25.7 Å². The zero-order chi connectivity index (χ0) is 19.2. The Labute approximate surface area is 150 Å². The Hall–Kier alpha value is -1.09. The monoisotopic (exact) mass is 342 g/mol. The Morgan fingerprint density at radius 1 is 1.12 bits per heavy atom. The third kappa shape index (κ3) is 2.09. The van der Waals surface area contributed by atoms with E-state index >= 15 is 0 Å². The van der Waals surface area contributed by atoms with E-state index in [0.717, 1.165) is 42.7 Å². The van der Waals surface area contributed by atoms with E-state index in [9.17, 15) is 0 Å². The molecule has 4 saturated carbocycles. The summed E-state index contributed by atoms with van der Waals surface area (Å²) in [4.78, 5) is 4.82. The number of ether oxygens (including phenoxy) is 1. The lowest BCUT2D eigenvalue weighted by molar-refractivity contribution is -0.136. The molecule has 1 heterocycles. The van der Waals surface area contributed by atoms with Crippen molar-refractivity contribution in [3.8, 4) is 0 Å². The maximum absolute atomic E-state index is 8.67. The molecular formula is C21H29NOSi. The van der Waals surface area contributed by atoms with Crippen LogP contribution in [0.3, 0.4) is 0 Å². The Bertz CT molecular complexity index is 801. The van der Waals surface area contributed by atoms with Gasteiger partial charge in [-0.2, -0.15) is 0 Å². The number of nitrogens with zero attached hydrogens (tertiary/aromatic N) is 1. The molecule has 1 aromatic rings. The summed E-state index contributed by atoms with van der Waals surface area (Å²) in [5.41, 5.74) is 0.0933. The molecule has 0 radical (unpaired) electrons. The van der Waals surface area contributed by atoms with Crippen LogP contribution in [0.4, 0.5) is 5.69 Å². The zero-order valence-electron chi connectivity index (χ0n) is 17.9. The molecule has 24 heavy (non-hydrogen) atoms. The van der Waals surface area contributed by atoms with Gasteiger partial charge in [-0.25, -0.2) is 4.99 Å². The van der Waals surface area contributed by atoms with Gasteiger partial charge in [-0.15, -0.1) is 0 Å². The van der Waals surface area contributed by atoms with E-state index in [1.807, 2.05) is 12.1 Å². The molecular weight excluding hydrogens is 310 g/mol. The normalized spacial score (nSPS) is 45.5. The molecule has 5 fully saturated rings. The first kappa shape index (κ1) is 12.3. The van der Waals surface area contributed by atoms with Crippen molar-refractivity contribution in [2.75, 3.05) is 6.56 Å². The molecule has 1 saturated heterocycles. The highest BCUT2D eigenvalue weighted by atomic mass is 28.3. The van der Waals surface area contributed by atoms with Crippen LogP contribution in [0.5, 0.6) is 0 Å². The van der Waals surface area contributed by atoms with Gasteiger partial charge in [-0.1, -0.05) is 37.0 Å². The molecule has 1 spiro atoms. The summed E-state index contributed by atoms with van der Waals surface area (Å²) in [6, 6.07) is 6.43. The molecule has 2 nitrogen and oxygen atoms in total. The molecule has 0 unspecified atom stereocenters. The van der Waals surface area contributed by atoms with Crippen LogP contribution in [0, 0.1) is 29.1 Å². The first-order chi connectivity index (χ1) is 12.6. The molecule has 5 aliphatic rings. The van der Waals surface area contributed by atoms with Gasteiger partial charge in [0.2, 0.25) is 0 Å². The van der Waals surface area contributed by atoms with E-state index < -0.39 is 20.0 Å². The first-order valence-corrected chi connectivity index (χ1v) is 13.0. The summed E-state index contributed by atoms with van der Waals surface area (Å²) in [7, 11) is -1.63. The molecule has 0 amide bonds. The highest BCUT2D eigenvalue weighted by Gasteiger charge is 2.64. The fraction of sp³-hybridized carbons (Fsp3) is 0.667. The maximum atomic E-state index is 8.67. The van der Waals surface area contributed by atoms with Crippen LogP contribution in [-0.2, 0) is 4.74 Å². The zero-order valence-corrected chi connectivity index (χ0v) is 15.9. The minimum Gasteiger partial charge on any atom is -0.479 e. The molecule has 0 N–H and O–H groups in total. The van der Waals surface area contributed by atoms with Gasteiger partial charge < -0.3 is 4.74 Å². The summed E-state index contributed by atoms with van der Waals surface area (Å²) < 4.78 is 31.6. The van der Waals surface area contributed by atoms with Gasteiger partial charge in [0.1, 0.15) is 6.56 Å². The van der Waals surface area contributed by atoms with Gasteiger partial charge in [-0.3, -0.25) is 0 Å². The van der Waals surface area contributed by atoms with E-state index in [0.29, 0.717) is 29.5 Å². The summed E-state index contributed by atoms with van der Waals surface area (Å²) in [5, 5.41) is 1.10. The van der Waals surface area contributed by atoms with Crippen molar-refractivity contribution < 1.29 is 8.85 Å². The van der Waals surface area contributed by atoms with E-state index in [1.165, 1.54) is 6.42 Å².